The van der Waals surface area contributed by atoms with E-state index in [-0.39, 0.29) is 30.6 Å². The molecular formula is C20H24N4O2. The minimum atomic E-state index is -0.384. The summed E-state index contributed by atoms with van der Waals surface area (Å²) in [6, 6.07) is 9.45. The number of carbonyl (C=O) groups excluding carboxylic acids is 2. The number of aryl methyl sites for hydroxylation is 2. The van der Waals surface area contributed by atoms with E-state index in [1.807, 2.05) is 38.1 Å². The molecule has 0 unspecified atom stereocenters. The second-order valence-electron chi connectivity index (χ2n) is 6.75. The Kier molecular flexibility index (Phi) is 5.51. The summed E-state index contributed by atoms with van der Waals surface area (Å²) in [4.78, 5) is 28.3. The molecule has 1 atom stereocenters. The topological polar surface area (TPSA) is 83.1 Å². The fraction of sp³-hybridized carbons (Fsp3) is 0.350. The lowest BCUT2D eigenvalue weighted by molar-refractivity contribution is -0.120. The van der Waals surface area contributed by atoms with Crippen LogP contribution in [0.1, 0.15) is 41.1 Å². The van der Waals surface area contributed by atoms with E-state index in [9.17, 15) is 9.59 Å². The number of nitrogens with one attached hydrogen (secondary N) is 3. The molecule has 0 radical (unpaired) electrons. The third-order valence-electron chi connectivity index (χ3n) is 4.38. The molecule has 0 saturated heterocycles. The lowest BCUT2D eigenvalue weighted by atomic mass is 9.95. The van der Waals surface area contributed by atoms with Gasteiger partial charge in [-0.1, -0.05) is 29.8 Å². The number of amides is 3. The van der Waals surface area contributed by atoms with E-state index in [1.54, 1.807) is 12.4 Å². The van der Waals surface area contributed by atoms with Gasteiger partial charge in [-0.05, 0) is 49.4 Å². The molecule has 6 nitrogen and oxygen atoms in total. The Balaban J connectivity index is 1.71. The summed E-state index contributed by atoms with van der Waals surface area (Å²) in [5.41, 5.74) is 4.14. The zero-order chi connectivity index (χ0) is 18.5. The van der Waals surface area contributed by atoms with E-state index in [0.717, 1.165) is 35.1 Å². The van der Waals surface area contributed by atoms with Gasteiger partial charge in [-0.25, -0.2) is 4.79 Å². The number of carbonyl (C=O) groups is 2. The smallest absolute Gasteiger partial charge is 0.315 e. The van der Waals surface area contributed by atoms with Gasteiger partial charge < -0.3 is 16.0 Å². The van der Waals surface area contributed by atoms with Crippen molar-refractivity contribution < 1.29 is 9.59 Å². The van der Waals surface area contributed by atoms with Crippen LogP contribution in [0.15, 0.2) is 42.7 Å². The molecule has 3 rings (SSSR count). The Hall–Kier alpha value is -2.89. The molecule has 0 bridgehead atoms. The highest BCUT2D eigenvalue weighted by Gasteiger charge is 2.24. The predicted octanol–water partition coefficient (Wildman–Crippen LogP) is 2.37. The Labute approximate surface area is 153 Å². The average molecular weight is 352 g/mol. The van der Waals surface area contributed by atoms with Gasteiger partial charge in [-0.3, -0.25) is 9.78 Å². The van der Waals surface area contributed by atoms with Crippen molar-refractivity contribution in [2.24, 2.45) is 0 Å². The largest absolute Gasteiger partial charge is 0.352 e. The highest BCUT2D eigenvalue weighted by atomic mass is 16.2. The summed E-state index contributed by atoms with van der Waals surface area (Å²) in [6.45, 7) is 4.03. The van der Waals surface area contributed by atoms with E-state index in [2.05, 4.69) is 27.0 Å². The highest BCUT2D eigenvalue weighted by Crippen LogP contribution is 2.25. The minimum absolute atomic E-state index is 0.0328. The molecule has 6 heteroatoms. The maximum Gasteiger partial charge on any atom is 0.315 e. The molecule has 0 spiro atoms. The first-order valence-corrected chi connectivity index (χ1v) is 8.84. The van der Waals surface area contributed by atoms with Crippen molar-refractivity contribution in [1.29, 1.82) is 0 Å². The van der Waals surface area contributed by atoms with Crippen LogP contribution in [0.3, 0.4) is 0 Å². The summed E-state index contributed by atoms with van der Waals surface area (Å²) < 4.78 is 0. The van der Waals surface area contributed by atoms with Gasteiger partial charge >= 0.3 is 6.03 Å². The van der Waals surface area contributed by atoms with E-state index < -0.39 is 0 Å². The molecule has 1 aromatic carbocycles. The Morgan fingerprint density at radius 1 is 1.23 bits per heavy atom. The van der Waals surface area contributed by atoms with Crippen molar-refractivity contribution in [2.75, 3.05) is 6.54 Å². The van der Waals surface area contributed by atoms with Crippen LogP contribution in [-0.4, -0.2) is 29.5 Å². The van der Waals surface area contributed by atoms with Crippen LogP contribution in [0.2, 0.25) is 0 Å². The zero-order valence-electron chi connectivity index (χ0n) is 15.1. The van der Waals surface area contributed by atoms with E-state index in [0.29, 0.717) is 0 Å². The summed E-state index contributed by atoms with van der Waals surface area (Å²) in [7, 11) is 0. The average Bonchev–Trinajstić information content (AvgIpc) is 3.43. The third kappa shape index (κ3) is 4.81. The van der Waals surface area contributed by atoms with Crippen LogP contribution in [-0.2, 0) is 4.79 Å². The second-order valence-corrected chi connectivity index (χ2v) is 6.75. The van der Waals surface area contributed by atoms with Crippen molar-refractivity contribution >= 4 is 11.9 Å². The van der Waals surface area contributed by atoms with Gasteiger partial charge in [0.05, 0.1) is 12.6 Å². The number of urea groups is 1. The normalized spacial score (nSPS) is 14.4. The number of hydrogen-bond donors (Lipinski definition) is 3. The Bertz CT molecular complexity index is 788. The van der Waals surface area contributed by atoms with Crippen LogP contribution in [0.5, 0.6) is 0 Å². The zero-order valence-corrected chi connectivity index (χ0v) is 15.1. The second kappa shape index (κ2) is 7.99. The van der Waals surface area contributed by atoms with Crippen molar-refractivity contribution in [3.05, 3.63) is 65.0 Å². The van der Waals surface area contributed by atoms with Crippen molar-refractivity contribution in [2.45, 2.75) is 38.8 Å². The van der Waals surface area contributed by atoms with Crippen molar-refractivity contribution in [3.63, 3.8) is 0 Å². The first-order valence-electron chi connectivity index (χ1n) is 8.84. The molecule has 1 aliphatic rings. The summed E-state index contributed by atoms with van der Waals surface area (Å²) in [5, 5.41) is 8.45. The SMILES string of the molecule is Cc1ccc([C@H](NC(=O)NCC(=O)NC2CC2)c2cccnc2)c(C)c1. The van der Waals surface area contributed by atoms with Gasteiger partial charge in [-0.2, -0.15) is 0 Å². The maximum atomic E-state index is 12.4. The maximum absolute atomic E-state index is 12.4. The van der Waals surface area contributed by atoms with Gasteiger partial charge in [0, 0.05) is 18.4 Å². The molecule has 2 aromatic rings. The summed E-state index contributed by atoms with van der Waals surface area (Å²) in [5.74, 6) is -0.160. The number of benzene rings is 1. The van der Waals surface area contributed by atoms with Crippen LogP contribution in [0.4, 0.5) is 4.79 Å². The van der Waals surface area contributed by atoms with Gasteiger partial charge in [0.1, 0.15) is 0 Å². The van der Waals surface area contributed by atoms with Gasteiger partial charge in [0.15, 0.2) is 0 Å². The minimum Gasteiger partial charge on any atom is -0.352 e. The number of rotatable bonds is 6. The molecule has 1 heterocycles. The van der Waals surface area contributed by atoms with E-state index >= 15 is 0 Å². The number of pyridine rings is 1. The summed E-state index contributed by atoms with van der Waals surface area (Å²) in [6.07, 6.45) is 5.48. The first kappa shape index (κ1) is 17.9. The molecular weight excluding hydrogens is 328 g/mol. The van der Waals surface area contributed by atoms with Crippen molar-refractivity contribution in [3.8, 4) is 0 Å². The quantitative estimate of drug-likeness (QED) is 0.746. The molecule has 3 amide bonds. The van der Waals surface area contributed by atoms with Crippen LogP contribution in [0.25, 0.3) is 0 Å². The highest BCUT2D eigenvalue weighted by molar-refractivity contribution is 5.84. The molecule has 1 aliphatic carbocycles. The fourth-order valence-electron chi connectivity index (χ4n) is 2.89. The number of hydrogen-bond acceptors (Lipinski definition) is 3. The van der Waals surface area contributed by atoms with Crippen LogP contribution >= 0.6 is 0 Å². The molecule has 3 N–H and O–H groups in total. The molecule has 1 saturated carbocycles. The van der Waals surface area contributed by atoms with E-state index in [4.69, 9.17) is 0 Å². The molecule has 0 aliphatic heterocycles. The van der Waals surface area contributed by atoms with Crippen LogP contribution < -0.4 is 16.0 Å². The Morgan fingerprint density at radius 3 is 2.69 bits per heavy atom. The van der Waals surface area contributed by atoms with Gasteiger partial charge in [0.25, 0.3) is 0 Å². The molecule has 26 heavy (non-hydrogen) atoms. The molecule has 1 aromatic heterocycles. The monoisotopic (exact) mass is 352 g/mol. The van der Waals surface area contributed by atoms with Gasteiger partial charge in [-0.15, -0.1) is 0 Å². The van der Waals surface area contributed by atoms with Gasteiger partial charge in [0.2, 0.25) is 5.91 Å². The Morgan fingerprint density at radius 2 is 2.04 bits per heavy atom. The molecule has 136 valence electrons. The molecule has 1 fully saturated rings. The van der Waals surface area contributed by atoms with Crippen LogP contribution in [0, 0.1) is 13.8 Å². The summed E-state index contributed by atoms with van der Waals surface area (Å²) >= 11 is 0. The van der Waals surface area contributed by atoms with Crippen molar-refractivity contribution in [1.82, 2.24) is 20.9 Å². The number of aromatic nitrogens is 1. The lowest BCUT2D eigenvalue weighted by Gasteiger charge is -2.22. The van der Waals surface area contributed by atoms with E-state index in [1.165, 1.54) is 0 Å². The third-order valence-corrected chi connectivity index (χ3v) is 4.38. The lowest BCUT2D eigenvalue weighted by Crippen LogP contribution is -2.44. The first-order chi connectivity index (χ1) is 12.5. The fourth-order valence-corrected chi connectivity index (χ4v) is 2.89. The predicted molar refractivity (Wildman–Crippen MR) is 99.7 cm³/mol. The number of nitrogens with zero attached hydrogens (tertiary/aromatic N) is 1. The standard InChI is InChI=1S/C20H24N4O2/c1-13-5-8-17(14(2)10-13)19(15-4-3-9-21-11-15)24-20(26)22-12-18(25)23-16-6-7-16/h3-5,8-11,16,19H,6-7,12H2,1-2H3,(H,23,25)(H2,22,24,26)/t19-/m1/s1.